The fraction of sp³-hybridized carbons (Fsp3) is 0.650. The van der Waals surface area contributed by atoms with Crippen molar-refractivity contribution < 1.29 is 19.0 Å². The Balaban J connectivity index is 1.31. The number of amides is 1. The molecular formula is C20H26ClNO4. The minimum Gasteiger partial charge on any atom is -0.495 e. The summed E-state index contributed by atoms with van der Waals surface area (Å²) in [5, 5.41) is 0.455. The van der Waals surface area contributed by atoms with Crippen LogP contribution in [0.15, 0.2) is 18.2 Å². The Bertz CT molecular complexity index is 670. The van der Waals surface area contributed by atoms with Gasteiger partial charge in [0.1, 0.15) is 11.4 Å². The normalized spacial score (nSPS) is 23.9. The monoisotopic (exact) mass is 379 g/mol. The number of ether oxygens (including phenoxy) is 3. The number of carbonyl (C=O) groups is 1. The molecule has 4 rings (SSSR count). The maximum absolute atomic E-state index is 12.7. The van der Waals surface area contributed by atoms with E-state index in [4.69, 9.17) is 25.8 Å². The molecule has 5 nitrogen and oxygen atoms in total. The molecule has 142 valence electrons. The zero-order chi connectivity index (χ0) is 18.1. The third kappa shape index (κ3) is 3.57. The molecule has 1 aromatic carbocycles. The van der Waals surface area contributed by atoms with Crippen LogP contribution in [0.4, 0.5) is 0 Å². The molecule has 0 radical (unpaired) electrons. The predicted octanol–water partition coefficient (Wildman–Crippen LogP) is 3.40. The van der Waals surface area contributed by atoms with Gasteiger partial charge in [0.15, 0.2) is 0 Å². The first kappa shape index (κ1) is 18.1. The van der Waals surface area contributed by atoms with Crippen molar-refractivity contribution in [1.29, 1.82) is 0 Å². The molecule has 26 heavy (non-hydrogen) atoms. The van der Waals surface area contributed by atoms with Crippen molar-refractivity contribution in [2.24, 2.45) is 11.8 Å². The summed E-state index contributed by atoms with van der Waals surface area (Å²) in [5.41, 5.74) is 0.419. The van der Waals surface area contributed by atoms with Gasteiger partial charge in [-0.3, -0.25) is 4.79 Å². The predicted molar refractivity (Wildman–Crippen MR) is 98.9 cm³/mol. The standard InChI is InChI=1S/C20H26ClNO4/c1-24-18-5-4-15(10-17(18)21)19(23)22-12-20(13-22)16(7-9-26-20)6-8-25-11-14-2-3-14/h4-5,10,14,16H,2-3,6-9,11-13H2,1H3/t16-/m0/s1. The lowest BCUT2D eigenvalue weighted by atomic mass is 9.79. The van der Waals surface area contributed by atoms with Gasteiger partial charge in [-0.1, -0.05) is 11.6 Å². The summed E-state index contributed by atoms with van der Waals surface area (Å²) in [6, 6.07) is 5.17. The van der Waals surface area contributed by atoms with Gasteiger partial charge in [-0.05, 0) is 55.7 Å². The number of hydrogen-bond donors (Lipinski definition) is 0. The van der Waals surface area contributed by atoms with Gasteiger partial charge < -0.3 is 19.1 Å². The Morgan fingerprint density at radius 3 is 2.85 bits per heavy atom. The first-order chi connectivity index (χ1) is 12.6. The van der Waals surface area contributed by atoms with Crippen LogP contribution in [0.25, 0.3) is 0 Å². The summed E-state index contributed by atoms with van der Waals surface area (Å²) in [6.07, 6.45) is 4.72. The molecule has 2 heterocycles. The summed E-state index contributed by atoms with van der Waals surface area (Å²) in [7, 11) is 1.56. The molecule has 0 N–H and O–H groups in total. The first-order valence-electron chi connectivity index (χ1n) is 9.46. The van der Waals surface area contributed by atoms with E-state index in [0.717, 1.165) is 38.6 Å². The second-order valence-corrected chi connectivity index (χ2v) is 8.12. The number of carbonyl (C=O) groups excluding carboxylic acids is 1. The van der Waals surface area contributed by atoms with Crippen LogP contribution in [0.3, 0.4) is 0 Å². The first-order valence-corrected chi connectivity index (χ1v) is 9.83. The van der Waals surface area contributed by atoms with E-state index < -0.39 is 0 Å². The van der Waals surface area contributed by atoms with Crippen molar-refractivity contribution in [2.75, 3.05) is 40.0 Å². The van der Waals surface area contributed by atoms with E-state index in [1.165, 1.54) is 12.8 Å². The van der Waals surface area contributed by atoms with Crippen molar-refractivity contribution in [2.45, 2.75) is 31.3 Å². The van der Waals surface area contributed by atoms with Gasteiger partial charge in [-0.2, -0.15) is 0 Å². The van der Waals surface area contributed by atoms with Gasteiger partial charge in [0.05, 0.1) is 25.2 Å². The van der Waals surface area contributed by atoms with Gasteiger partial charge >= 0.3 is 0 Å². The van der Waals surface area contributed by atoms with Crippen LogP contribution in [-0.4, -0.2) is 56.4 Å². The van der Waals surface area contributed by atoms with Gasteiger partial charge in [0.25, 0.3) is 5.91 Å². The summed E-state index contributed by atoms with van der Waals surface area (Å²) in [4.78, 5) is 14.6. The summed E-state index contributed by atoms with van der Waals surface area (Å²) in [6.45, 7) is 3.80. The Hall–Kier alpha value is -1.30. The van der Waals surface area contributed by atoms with Gasteiger partial charge in [-0.25, -0.2) is 0 Å². The second-order valence-electron chi connectivity index (χ2n) is 7.72. The highest BCUT2D eigenvalue weighted by atomic mass is 35.5. The van der Waals surface area contributed by atoms with Gasteiger partial charge in [0.2, 0.25) is 0 Å². The van der Waals surface area contributed by atoms with Crippen LogP contribution in [0.5, 0.6) is 5.75 Å². The van der Waals surface area contributed by atoms with E-state index in [1.807, 2.05) is 4.90 Å². The highest BCUT2D eigenvalue weighted by Crippen LogP contribution is 2.42. The van der Waals surface area contributed by atoms with Crippen LogP contribution in [0.1, 0.15) is 36.0 Å². The maximum atomic E-state index is 12.7. The average molecular weight is 380 g/mol. The Morgan fingerprint density at radius 1 is 1.35 bits per heavy atom. The third-order valence-electron chi connectivity index (χ3n) is 5.86. The highest BCUT2D eigenvalue weighted by Gasteiger charge is 2.54. The van der Waals surface area contributed by atoms with E-state index >= 15 is 0 Å². The molecule has 0 unspecified atom stereocenters. The average Bonchev–Trinajstić information content (AvgIpc) is 3.34. The molecule has 1 spiro atoms. The van der Waals surface area contributed by atoms with Gasteiger partial charge in [-0.15, -0.1) is 0 Å². The third-order valence-corrected chi connectivity index (χ3v) is 6.16. The minimum atomic E-state index is -0.172. The number of likely N-dealkylation sites (tertiary alicyclic amines) is 1. The molecule has 1 atom stereocenters. The van der Waals surface area contributed by atoms with Crippen LogP contribution < -0.4 is 4.74 Å². The Kier molecular flexibility index (Phi) is 5.13. The summed E-state index contributed by atoms with van der Waals surface area (Å²) in [5.74, 6) is 1.86. The van der Waals surface area contributed by atoms with Crippen molar-refractivity contribution in [3.63, 3.8) is 0 Å². The minimum absolute atomic E-state index is 0.000545. The quantitative estimate of drug-likeness (QED) is 0.681. The molecular weight excluding hydrogens is 354 g/mol. The topological polar surface area (TPSA) is 48.0 Å². The molecule has 1 amide bonds. The van der Waals surface area contributed by atoms with Crippen molar-refractivity contribution in [1.82, 2.24) is 4.90 Å². The molecule has 0 bridgehead atoms. The maximum Gasteiger partial charge on any atom is 0.254 e. The highest BCUT2D eigenvalue weighted by molar-refractivity contribution is 6.32. The lowest BCUT2D eigenvalue weighted by Gasteiger charge is -2.50. The molecule has 3 fully saturated rings. The fourth-order valence-corrected chi connectivity index (χ4v) is 4.29. The van der Waals surface area contributed by atoms with Crippen LogP contribution in [0.2, 0.25) is 5.02 Å². The number of nitrogens with zero attached hydrogens (tertiary/aromatic N) is 1. The fourth-order valence-electron chi connectivity index (χ4n) is 4.03. The largest absolute Gasteiger partial charge is 0.495 e. The van der Waals surface area contributed by atoms with Gasteiger partial charge in [0, 0.05) is 25.4 Å². The molecule has 6 heteroatoms. The van der Waals surface area contributed by atoms with Crippen LogP contribution in [-0.2, 0) is 9.47 Å². The zero-order valence-electron chi connectivity index (χ0n) is 15.2. The second kappa shape index (κ2) is 7.37. The molecule has 3 aliphatic rings. The molecule has 0 aromatic heterocycles. The molecule has 2 aliphatic heterocycles. The number of rotatable bonds is 7. The molecule has 1 saturated carbocycles. The Morgan fingerprint density at radius 2 is 2.15 bits per heavy atom. The number of hydrogen-bond acceptors (Lipinski definition) is 4. The summed E-state index contributed by atoms with van der Waals surface area (Å²) >= 11 is 6.15. The van der Waals surface area contributed by atoms with Crippen LogP contribution in [0, 0.1) is 11.8 Å². The Labute approximate surface area is 159 Å². The van der Waals surface area contributed by atoms with E-state index in [1.54, 1.807) is 25.3 Å². The van der Waals surface area contributed by atoms with E-state index in [0.29, 0.717) is 35.3 Å². The van der Waals surface area contributed by atoms with Crippen molar-refractivity contribution >= 4 is 17.5 Å². The molecule has 2 saturated heterocycles. The van der Waals surface area contributed by atoms with Crippen molar-refractivity contribution in [3.05, 3.63) is 28.8 Å². The number of halogens is 1. The number of benzene rings is 1. The van der Waals surface area contributed by atoms with Crippen LogP contribution >= 0.6 is 11.6 Å². The SMILES string of the molecule is COc1ccc(C(=O)N2CC3(C2)OCC[C@@H]3CCOCC2CC2)cc1Cl. The molecule has 1 aromatic rings. The molecule has 1 aliphatic carbocycles. The van der Waals surface area contributed by atoms with E-state index in [9.17, 15) is 4.79 Å². The zero-order valence-corrected chi connectivity index (χ0v) is 16.0. The van der Waals surface area contributed by atoms with E-state index in [-0.39, 0.29) is 11.5 Å². The number of methoxy groups -OCH3 is 1. The lowest BCUT2D eigenvalue weighted by molar-refractivity contribution is -0.120. The summed E-state index contributed by atoms with van der Waals surface area (Å²) < 4.78 is 17.0. The van der Waals surface area contributed by atoms with E-state index in [2.05, 4.69) is 0 Å². The lowest BCUT2D eigenvalue weighted by Crippen LogP contribution is -2.66. The van der Waals surface area contributed by atoms with Crippen molar-refractivity contribution in [3.8, 4) is 5.75 Å². The smallest absolute Gasteiger partial charge is 0.254 e.